The lowest BCUT2D eigenvalue weighted by Gasteiger charge is -2.33. The highest BCUT2D eigenvalue weighted by Crippen LogP contribution is 2.40. The fourth-order valence-corrected chi connectivity index (χ4v) is 5.31. The molecule has 0 fully saturated rings. The summed E-state index contributed by atoms with van der Waals surface area (Å²) >= 11 is 0. The summed E-state index contributed by atoms with van der Waals surface area (Å²) in [5.74, 6) is 0. The summed E-state index contributed by atoms with van der Waals surface area (Å²) in [6.07, 6.45) is 6.68. The minimum absolute atomic E-state index is 0.0509. The standard InChI is InChI=1S/C25H19N3O4S/c29-28(30)20-11-9-18(10-12-20)14-16-33(31,32)27-15-13-19-5-1-2-6-21(19)25(27)23-17-26-24-8-4-3-7-22(23)24/h1-17,25-26H/b16-14+. The van der Waals surface area contributed by atoms with Gasteiger partial charge in [0, 0.05) is 41.0 Å². The van der Waals surface area contributed by atoms with E-state index in [0.29, 0.717) is 5.56 Å². The molecule has 3 aromatic carbocycles. The highest BCUT2D eigenvalue weighted by Gasteiger charge is 2.33. The van der Waals surface area contributed by atoms with Crippen LogP contribution in [0.15, 0.2) is 90.6 Å². The Bertz CT molecular complexity index is 1520. The summed E-state index contributed by atoms with van der Waals surface area (Å²) in [5.41, 5.74) is 4.13. The molecule has 1 atom stereocenters. The zero-order valence-corrected chi connectivity index (χ0v) is 18.1. The van der Waals surface area contributed by atoms with Crippen LogP contribution in [0.25, 0.3) is 23.1 Å². The van der Waals surface area contributed by atoms with Crippen LogP contribution in [0.5, 0.6) is 0 Å². The Balaban J connectivity index is 1.57. The molecule has 0 spiro atoms. The number of sulfonamides is 1. The summed E-state index contributed by atoms with van der Waals surface area (Å²) in [7, 11) is -3.88. The monoisotopic (exact) mass is 457 g/mol. The van der Waals surface area contributed by atoms with Gasteiger partial charge < -0.3 is 4.98 Å². The summed E-state index contributed by atoms with van der Waals surface area (Å²) in [5, 5.41) is 12.9. The van der Waals surface area contributed by atoms with Gasteiger partial charge in [-0.05, 0) is 47.0 Å². The minimum atomic E-state index is -3.88. The van der Waals surface area contributed by atoms with Crippen molar-refractivity contribution < 1.29 is 13.3 Å². The number of non-ortho nitro benzene ring substituents is 1. The number of H-pyrrole nitrogens is 1. The maximum absolute atomic E-state index is 13.5. The molecule has 2 heterocycles. The third kappa shape index (κ3) is 3.81. The predicted octanol–water partition coefficient (Wildman–Crippen LogP) is 5.45. The SMILES string of the molecule is O=[N+]([O-])c1ccc(/C=C/S(=O)(=O)N2C=Cc3ccccc3C2c2c[nH]c3ccccc23)cc1. The number of aromatic nitrogens is 1. The van der Waals surface area contributed by atoms with Crippen LogP contribution >= 0.6 is 0 Å². The molecule has 1 unspecified atom stereocenters. The van der Waals surface area contributed by atoms with Gasteiger partial charge in [-0.1, -0.05) is 42.5 Å². The lowest BCUT2D eigenvalue weighted by Crippen LogP contribution is -2.31. The van der Waals surface area contributed by atoms with E-state index in [4.69, 9.17) is 0 Å². The number of benzene rings is 3. The molecule has 0 saturated heterocycles. The average molecular weight is 458 g/mol. The third-order valence-corrected chi connectivity index (χ3v) is 7.09. The van der Waals surface area contributed by atoms with Gasteiger partial charge in [-0.15, -0.1) is 0 Å². The Hall–Kier alpha value is -4.17. The quantitative estimate of drug-likeness (QED) is 0.318. The van der Waals surface area contributed by atoms with Gasteiger partial charge in [0.2, 0.25) is 0 Å². The molecular weight excluding hydrogens is 438 g/mol. The Labute approximate surface area is 190 Å². The van der Waals surface area contributed by atoms with Gasteiger partial charge in [0.1, 0.15) is 0 Å². The molecule has 0 amide bonds. The van der Waals surface area contributed by atoms with Crippen molar-refractivity contribution in [2.75, 3.05) is 0 Å². The molecular formula is C25H19N3O4S. The van der Waals surface area contributed by atoms with Crippen molar-refractivity contribution in [3.05, 3.63) is 123 Å². The van der Waals surface area contributed by atoms with E-state index in [-0.39, 0.29) is 5.69 Å². The Morgan fingerprint density at radius 1 is 0.939 bits per heavy atom. The number of nitrogens with zero attached hydrogens (tertiary/aromatic N) is 2. The summed E-state index contributed by atoms with van der Waals surface area (Å²) in [6, 6.07) is 20.7. The number of nitro groups is 1. The zero-order chi connectivity index (χ0) is 23.0. The molecule has 1 N–H and O–H groups in total. The first-order valence-corrected chi connectivity index (χ1v) is 11.7. The predicted molar refractivity (Wildman–Crippen MR) is 129 cm³/mol. The fourth-order valence-electron chi connectivity index (χ4n) is 4.09. The normalized spacial score (nSPS) is 15.8. The lowest BCUT2D eigenvalue weighted by molar-refractivity contribution is -0.384. The first-order chi connectivity index (χ1) is 15.9. The molecule has 33 heavy (non-hydrogen) atoms. The molecule has 1 aliphatic rings. The van der Waals surface area contributed by atoms with Crippen molar-refractivity contribution in [1.82, 2.24) is 9.29 Å². The van der Waals surface area contributed by atoms with Crippen LogP contribution in [0, 0.1) is 10.1 Å². The highest BCUT2D eigenvalue weighted by atomic mass is 32.2. The van der Waals surface area contributed by atoms with Crippen LogP contribution < -0.4 is 0 Å². The van der Waals surface area contributed by atoms with Crippen molar-refractivity contribution in [2.24, 2.45) is 0 Å². The molecule has 4 aromatic rings. The maximum atomic E-state index is 13.5. The zero-order valence-electron chi connectivity index (χ0n) is 17.3. The molecule has 0 bridgehead atoms. The minimum Gasteiger partial charge on any atom is -0.361 e. The van der Waals surface area contributed by atoms with Gasteiger partial charge in [-0.3, -0.25) is 14.4 Å². The van der Waals surface area contributed by atoms with E-state index >= 15 is 0 Å². The first-order valence-electron chi connectivity index (χ1n) is 10.2. The second kappa shape index (κ2) is 8.07. The lowest BCUT2D eigenvalue weighted by atomic mass is 9.92. The average Bonchev–Trinajstić information content (AvgIpc) is 3.26. The van der Waals surface area contributed by atoms with Gasteiger partial charge in [-0.25, -0.2) is 8.42 Å². The Morgan fingerprint density at radius 2 is 1.67 bits per heavy atom. The summed E-state index contributed by atoms with van der Waals surface area (Å²) in [4.78, 5) is 13.6. The number of rotatable bonds is 5. The smallest absolute Gasteiger partial charge is 0.269 e. The number of hydrogen-bond donors (Lipinski definition) is 1. The van der Waals surface area contributed by atoms with Crippen LogP contribution in [-0.2, 0) is 10.0 Å². The van der Waals surface area contributed by atoms with Crippen molar-refractivity contribution in [3.63, 3.8) is 0 Å². The molecule has 0 saturated carbocycles. The third-order valence-electron chi connectivity index (χ3n) is 5.69. The van der Waals surface area contributed by atoms with Crippen molar-refractivity contribution in [3.8, 4) is 0 Å². The molecule has 5 rings (SSSR count). The molecule has 164 valence electrons. The van der Waals surface area contributed by atoms with Crippen LogP contribution in [0.3, 0.4) is 0 Å². The maximum Gasteiger partial charge on any atom is 0.269 e. The summed E-state index contributed by atoms with van der Waals surface area (Å²) in [6.45, 7) is 0. The molecule has 1 aliphatic heterocycles. The first kappa shape index (κ1) is 20.7. The van der Waals surface area contributed by atoms with E-state index in [1.165, 1.54) is 34.6 Å². The molecule has 1 aromatic heterocycles. The Kier molecular flexibility index (Phi) is 5.07. The number of aromatic amines is 1. The van der Waals surface area contributed by atoms with E-state index in [1.807, 2.05) is 54.7 Å². The number of para-hydroxylation sites is 1. The second-order valence-corrected chi connectivity index (χ2v) is 9.39. The number of nitrogens with one attached hydrogen (secondary N) is 1. The second-order valence-electron chi connectivity index (χ2n) is 7.66. The van der Waals surface area contributed by atoms with Crippen LogP contribution in [0.2, 0.25) is 0 Å². The highest BCUT2D eigenvalue weighted by molar-refractivity contribution is 7.92. The van der Waals surface area contributed by atoms with E-state index in [9.17, 15) is 18.5 Å². The Morgan fingerprint density at radius 3 is 2.45 bits per heavy atom. The van der Waals surface area contributed by atoms with Gasteiger partial charge in [-0.2, -0.15) is 0 Å². The molecule has 0 aliphatic carbocycles. The van der Waals surface area contributed by atoms with E-state index in [1.54, 1.807) is 12.3 Å². The van der Waals surface area contributed by atoms with Crippen molar-refractivity contribution in [1.29, 1.82) is 0 Å². The topological polar surface area (TPSA) is 96.3 Å². The van der Waals surface area contributed by atoms with Crippen LogP contribution in [-0.4, -0.2) is 22.6 Å². The molecule has 0 radical (unpaired) electrons. The van der Waals surface area contributed by atoms with Gasteiger partial charge in [0.15, 0.2) is 0 Å². The molecule has 8 heteroatoms. The fraction of sp³-hybridized carbons (Fsp3) is 0.0400. The van der Waals surface area contributed by atoms with Crippen LogP contribution in [0.4, 0.5) is 5.69 Å². The number of nitro benzene ring substituents is 1. The number of fused-ring (bicyclic) bond motifs is 2. The number of hydrogen-bond acceptors (Lipinski definition) is 4. The van der Waals surface area contributed by atoms with E-state index in [2.05, 4.69) is 4.98 Å². The van der Waals surface area contributed by atoms with E-state index < -0.39 is 21.0 Å². The van der Waals surface area contributed by atoms with Gasteiger partial charge in [0.25, 0.3) is 15.7 Å². The molecule has 7 nitrogen and oxygen atoms in total. The van der Waals surface area contributed by atoms with E-state index in [0.717, 1.165) is 33.0 Å². The largest absolute Gasteiger partial charge is 0.361 e. The van der Waals surface area contributed by atoms with Crippen LogP contribution in [0.1, 0.15) is 28.3 Å². The van der Waals surface area contributed by atoms with Gasteiger partial charge in [0.05, 0.1) is 16.4 Å². The van der Waals surface area contributed by atoms with Crippen molar-refractivity contribution >= 4 is 38.8 Å². The van der Waals surface area contributed by atoms with Gasteiger partial charge >= 0.3 is 0 Å². The summed E-state index contributed by atoms with van der Waals surface area (Å²) < 4.78 is 28.3. The van der Waals surface area contributed by atoms with Crippen molar-refractivity contribution in [2.45, 2.75) is 6.04 Å².